The quantitative estimate of drug-likeness (QED) is 0.101. The summed E-state index contributed by atoms with van der Waals surface area (Å²) in [6.45, 7) is 3.85. The van der Waals surface area contributed by atoms with E-state index in [0.29, 0.717) is 32.0 Å². The highest BCUT2D eigenvalue weighted by Gasteiger charge is 2.19. The summed E-state index contributed by atoms with van der Waals surface area (Å²) in [5.41, 5.74) is 4.20. The molecule has 4 aromatic carbocycles. The van der Waals surface area contributed by atoms with Crippen molar-refractivity contribution in [3.8, 4) is 11.3 Å². The van der Waals surface area contributed by atoms with E-state index in [1.165, 1.54) is 34.7 Å². The average Bonchev–Trinajstić information content (AvgIpc) is 3.52. The predicted molar refractivity (Wildman–Crippen MR) is 190 cm³/mol. The van der Waals surface area contributed by atoms with Crippen molar-refractivity contribution in [2.45, 2.75) is 24.0 Å². The van der Waals surface area contributed by atoms with Gasteiger partial charge < -0.3 is 16.0 Å². The van der Waals surface area contributed by atoms with Crippen LogP contribution in [0.25, 0.3) is 17.3 Å². The minimum Gasteiger partial charge on any atom is -0.321 e. The zero-order chi connectivity index (χ0) is 32.6. The van der Waals surface area contributed by atoms with Crippen molar-refractivity contribution in [3.63, 3.8) is 0 Å². The zero-order valence-electron chi connectivity index (χ0n) is 24.7. The third kappa shape index (κ3) is 8.64. The third-order valence-corrected chi connectivity index (χ3v) is 9.22. The minimum atomic E-state index is -0.568. The molecule has 0 spiro atoms. The number of nitrogens with one attached hydrogen (secondary N) is 3. The summed E-state index contributed by atoms with van der Waals surface area (Å²) in [6.07, 6.45) is 1.44. The molecule has 1 atom stereocenters. The molecule has 11 heteroatoms. The van der Waals surface area contributed by atoms with Crippen LogP contribution in [0.15, 0.2) is 113 Å². The first-order chi connectivity index (χ1) is 22.2. The molecule has 0 aliphatic carbocycles. The van der Waals surface area contributed by atoms with Crippen LogP contribution in [0.4, 0.5) is 10.8 Å². The summed E-state index contributed by atoms with van der Waals surface area (Å²) in [5.74, 6) is -1.20. The SMILES string of the molecule is Cc1ccc(-c2csc(NC(=O)C(C)Sc3ccc(NC(=O)/C(=C/c4c(Cl)cccc4Cl)NC(=O)c4ccccc4)cc3)n2)cc1. The van der Waals surface area contributed by atoms with Gasteiger partial charge in [0.2, 0.25) is 5.91 Å². The standard InChI is InChI=1S/C35H28Cl2N4O3S2/c1-21-11-13-23(14-12-21)31-20-45-35(40-31)41-32(42)22(2)46-26-17-15-25(16-18-26)38-34(44)30(19-27-28(36)9-6-10-29(27)37)39-33(43)24-7-4-3-5-8-24/h3-20,22H,1-2H3,(H,38,44)(H,39,43)(H,40,41,42)/b30-19-. The number of amides is 3. The van der Waals surface area contributed by atoms with Gasteiger partial charge in [-0.3, -0.25) is 14.4 Å². The van der Waals surface area contributed by atoms with Gasteiger partial charge in [-0.05, 0) is 68.5 Å². The number of halogens is 2. The van der Waals surface area contributed by atoms with Gasteiger partial charge in [0, 0.05) is 42.7 Å². The molecule has 0 fully saturated rings. The zero-order valence-corrected chi connectivity index (χ0v) is 27.9. The van der Waals surface area contributed by atoms with Crippen LogP contribution < -0.4 is 16.0 Å². The van der Waals surface area contributed by atoms with Gasteiger partial charge in [0.15, 0.2) is 5.13 Å². The molecule has 0 aliphatic heterocycles. The second kappa shape index (κ2) is 15.2. The number of aryl methyl sites for hydroxylation is 1. The third-order valence-electron chi connectivity index (χ3n) is 6.69. The van der Waals surface area contributed by atoms with E-state index in [2.05, 4.69) is 20.9 Å². The van der Waals surface area contributed by atoms with Crippen molar-refractivity contribution in [3.05, 3.63) is 135 Å². The molecule has 5 rings (SSSR count). The lowest BCUT2D eigenvalue weighted by Crippen LogP contribution is -2.30. The first kappa shape index (κ1) is 33.0. The van der Waals surface area contributed by atoms with Crippen LogP contribution in [0, 0.1) is 6.92 Å². The fourth-order valence-corrected chi connectivity index (χ4v) is 6.30. The Bertz CT molecular complexity index is 1870. The van der Waals surface area contributed by atoms with E-state index in [9.17, 15) is 14.4 Å². The first-order valence-electron chi connectivity index (χ1n) is 14.1. The number of aromatic nitrogens is 1. The molecule has 1 unspecified atom stereocenters. The number of carbonyl (C=O) groups excluding carboxylic acids is 3. The van der Waals surface area contributed by atoms with Crippen LogP contribution in [0.5, 0.6) is 0 Å². The Balaban J connectivity index is 1.23. The number of benzene rings is 4. The fourth-order valence-electron chi connectivity index (χ4n) is 4.20. The Morgan fingerprint density at radius 1 is 0.848 bits per heavy atom. The van der Waals surface area contributed by atoms with Gasteiger partial charge in [-0.2, -0.15) is 0 Å². The summed E-state index contributed by atoms with van der Waals surface area (Å²) < 4.78 is 0. The number of hydrogen-bond acceptors (Lipinski definition) is 6. The molecule has 232 valence electrons. The fraction of sp³-hybridized carbons (Fsp3) is 0.0857. The lowest BCUT2D eigenvalue weighted by Gasteiger charge is -2.13. The Morgan fingerprint density at radius 3 is 2.20 bits per heavy atom. The Morgan fingerprint density at radius 2 is 1.52 bits per heavy atom. The molecule has 7 nitrogen and oxygen atoms in total. The predicted octanol–water partition coefficient (Wildman–Crippen LogP) is 8.95. The van der Waals surface area contributed by atoms with Gasteiger partial charge in [-0.15, -0.1) is 23.1 Å². The van der Waals surface area contributed by atoms with Gasteiger partial charge in [0.25, 0.3) is 11.8 Å². The first-order valence-corrected chi connectivity index (χ1v) is 16.6. The highest BCUT2D eigenvalue weighted by Crippen LogP contribution is 2.29. The van der Waals surface area contributed by atoms with Crippen molar-refractivity contribution < 1.29 is 14.4 Å². The molecule has 46 heavy (non-hydrogen) atoms. The van der Waals surface area contributed by atoms with Crippen LogP contribution in [-0.2, 0) is 9.59 Å². The van der Waals surface area contributed by atoms with Gasteiger partial charge in [-0.25, -0.2) is 4.98 Å². The summed E-state index contributed by atoms with van der Waals surface area (Å²) in [6, 6.07) is 28.6. The van der Waals surface area contributed by atoms with Crippen molar-refractivity contribution in [2.24, 2.45) is 0 Å². The molecule has 3 amide bonds. The number of rotatable bonds is 10. The maximum Gasteiger partial charge on any atom is 0.272 e. The lowest BCUT2D eigenvalue weighted by molar-refractivity contribution is -0.115. The summed E-state index contributed by atoms with van der Waals surface area (Å²) >= 11 is 15.4. The normalized spacial score (nSPS) is 11.9. The number of hydrogen-bond donors (Lipinski definition) is 3. The average molecular weight is 688 g/mol. The van der Waals surface area contributed by atoms with E-state index in [1.807, 2.05) is 43.5 Å². The van der Waals surface area contributed by atoms with Crippen LogP contribution in [0.1, 0.15) is 28.4 Å². The van der Waals surface area contributed by atoms with Crippen LogP contribution in [-0.4, -0.2) is 28.0 Å². The van der Waals surface area contributed by atoms with Crippen LogP contribution >= 0.6 is 46.3 Å². The highest BCUT2D eigenvalue weighted by molar-refractivity contribution is 8.00. The number of carbonyl (C=O) groups is 3. The number of thioether (sulfide) groups is 1. The van der Waals surface area contributed by atoms with Gasteiger partial charge >= 0.3 is 0 Å². The maximum atomic E-state index is 13.4. The second-order valence-corrected chi connectivity index (χ2v) is 13.2. The smallest absolute Gasteiger partial charge is 0.272 e. The van der Waals surface area contributed by atoms with Crippen molar-refractivity contribution in [1.29, 1.82) is 0 Å². The van der Waals surface area contributed by atoms with E-state index in [0.717, 1.165) is 16.2 Å². The summed E-state index contributed by atoms with van der Waals surface area (Å²) in [7, 11) is 0. The molecule has 5 aromatic rings. The van der Waals surface area contributed by atoms with E-state index in [-0.39, 0.29) is 11.6 Å². The summed E-state index contributed by atoms with van der Waals surface area (Å²) in [5, 5.41) is 11.1. The monoisotopic (exact) mass is 686 g/mol. The topological polar surface area (TPSA) is 100 Å². The molecule has 0 radical (unpaired) electrons. The number of nitrogens with zero attached hydrogens (tertiary/aromatic N) is 1. The molecular formula is C35H28Cl2N4O3S2. The van der Waals surface area contributed by atoms with Gasteiger partial charge in [0.1, 0.15) is 5.70 Å². The van der Waals surface area contributed by atoms with Crippen molar-refractivity contribution in [1.82, 2.24) is 10.3 Å². The molecule has 0 saturated heterocycles. The molecular weight excluding hydrogens is 659 g/mol. The summed E-state index contributed by atoms with van der Waals surface area (Å²) in [4.78, 5) is 44.6. The van der Waals surface area contributed by atoms with E-state index >= 15 is 0 Å². The molecule has 0 saturated carbocycles. The molecule has 1 heterocycles. The molecule has 0 bridgehead atoms. The number of anilines is 2. The maximum absolute atomic E-state index is 13.4. The lowest BCUT2D eigenvalue weighted by atomic mass is 10.1. The van der Waals surface area contributed by atoms with E-state index in [1.54, 1.807) is 72.8 Å². The highest BCUT2D eigenvalue weighted by atomic mass is 35.5. The second-order valence-electron chi connectivity index (χ2n) is 10.1. The van der Waals surface area contributed by atoms with Gasteiger partial charge in [0.05, 0.1) is 10.9 Å². The van der Waals surface area contributed by atoms with Crippen molar-refractivity contribution >= 4 is 80.9 Å². The Hall–Kier alpha value is -4.41. The molecule has 3 N–H and O–H groups in total. The number of thiazole rings is 1. The largest absolute Gasteiger partial charge is 0.321 e. The van der Waals surface area contributed by atoms with E-state index in [4.69, 9.17) is 23.2 Å². The minimum absolute atomic E-state index is 0.0414. The molecule has 0 aliphatic rings. The Labute approximate surface area is 285 Å². The van der Waals surface area contributed by atoms with Crippen LogP contribution in [0.2, 0.25) is 10.0 Å². The van der Waals surface area contributed by atoms with Gasteiger partial charge in [-0.1, -0.05) is 77.3 Å². The van der Waals surface area contributed by atoms with E-state index < -0.39 is 17.1 Å². The van der Waals surface area contributed by atoms with Crippen LogP contribution in [0.3, 0.4) is 0 Å². The molecule has 1 aromatic heterocycles. The Kier molecular flexibility index (Phi) is 10.9. The van der Waals surface area contributed by atoms with Crippen molar-refractivity contribution in [2.75, 3.05) is 10.6 Å².